The Bertz CT molecular complexity index is 626. The molecule has 0 fully saturated rings. The third-order valence-electron chi connectivity index (χ3n) is 6.91. The highest BCUT2D eigenvalue weighted by Crippen LogP contribution is 2.15. The van der Waals surface area contributed by atoms with Crippen molar-refractivity contribution in [2.24, 2.45) is 0 Å². The van der Waals surface area contributed by atoms with Crippen LogP contribution < -0.4 is 10.6 Å². The molecule has 0 aliphatic carbocycles. The van der Waals surface area contributed by atoms with E-state index in [2.05, 4.69) is 10.6 Å². The molecule has 0 bridgehead atoms. The molecule has 1 atom stereocenters. The first-order valence-corrected chi connectivity index (χ1v) is 15.4. The minimum atomic E-state index is -1.10. The number of aliphatic carboxylic acids is 2. The zero-order valence-corrected chi connectivity index (χ0v) is 24.1. The monoisotopic (exact) mass is 540 g/mol. The minimum absolute atomic E-state index is 0.0944. The van der Waals surface area contributed by atoms with Crippen LogP contribution in [0.15, 0.2) is 0 Å². The molecule has 38 heavy (non-hydrogen) atoms. The van der Waals surface area contributed by atoms with Gasteiger partial charge in [0.2, 0.25) is 11.8 Å². The number of unbranched alkanes of at least 4 members (excludes halogenated alkanes) is 17. The fourth-order valence-corrected chi connectivity index (χ4v) is 4.54. The molecule has 0 spiro atoms. The lowest BCUT2D eigenvalue weighted by Crippen LogP contribution is -2.41. The highest BCUT2D eigenvalue weighted by Gasteiger charge is 2.20. The number of carboxylic acids is 2. The zero-order valence-electron chi connectivity index (χ0n) is 24.1. The molecular weight excluding hydrogens is 484 g/mol. The summed E-state index contributed by atoms with van der Waals surface area (Å²) < 4.78 is 0. The maximum Gasteiger partial charge on any atom is 0.326 e. The molecule has 8 heteroatoms. The average Bonchev–Trinajstić information content (AvgIpc) is 2.88. The third kappa shape index (κ3) is 25.5. The van der Waals surface area contributed by atoms with Crippen molar-refractivity contribution in [3.63, 3.8) is 0 Å². The summed E-state index contributed by atoms with van der Waals surface area (Å²) in [6.07, 6.45) is 23.0. The number of rotatable bonds is 28. The van der Waals surface area contributed by atoms with Crippen LogP contribution in [-0.2, 0) is 19.2 Å². The highest BCUT2D eigenvalue weighted by molar-refractivity contribution is 5.84. The number of amides is 2. The molecule has 0 unspecified atom stereocenters. The number of carboxylic acid groups (broad SMARTS) is 2. The van der Waals surface area contributed by atoms with E-state index in [0.29, 0.717) is 19.4 Å². The molecule has 0 radical (unpaired) electrons. The maximum atomic E-state index is 12.1. The van der Waals surface area contributed by atoms with Gasteiger partial charge in [-0.1, -0.05) is 110 Å². The molecule has 0 heterocycles. The van der Waals surface area contributed by atoms with Crippen molar-refractivity contribution in [3.05, 3.63) is 0 Å². The second-order valence-corrected chi connectivity index (χ2v) is 10.6. The van der Waals surface area contributed by atoms with Crippen molar-refractivity contribution in [1.82, 2.24) is 10.6 Å². The van der Waals surface area contributed by atoms with Crippen LogP contribution in [0.1, 0.15) is 155 Å². The van der Waals surface area contributed by atoms with Crippen LogP contribution in [0.4, 0.5) is 0 Å². The summed E-state index contributed by atoms with van der Waals surface area (Å²) in [5, 5.41) is 23.2. The maximum absolute atomic E-state index is 12.1. The van der Waals surface area contributed by atoms with Gasteiger partial charge in [0, 0.05) is 25.8 Å². The van der Waals surface area contributed by atoms with Gasteiger partial charge in [0.05, 0.1) is 0 Å². The van der Waals surface area contributed by atoms with E-state index in [4.69, 9.17) is 5.11 Å². The molecular formula is C30H56N2O6. The molecule has 0 saturated carbocycles. The van der Waals surface area contributed by atoms with Crippen LogP contribution in [0.25, 0.3) is 0 Å². The van der Waals surface area contributed by atoms with Crippen molar-refractivity contribution in [2.45, 2.75) is 161 Å². The summed E-state index contributed by atoms with van der Waals surface area (Å²) in [7, 11) is 0. The Morgan fingerprint density at radius 3 is 1.32 bits per heavy atom. The van der Waals surface area contributed by atoms with Crippen LogP contribution in [0.5, 0.6) is 0 Å². The summed E-state index contributed by atoms with van der Waals surface area (Å²) >= 11 is 0. The van der Waals surface area contributed by atoms with E-state index in [1.54, 1.807) is 0 Å². The van der Waals surface area contributed by atoms with Crippen LogP contribution in [0.3, 0.4) is 0 Å². The Morgan fingerprint density at radius 2 is 0.947 bits per heavy atom. The van der Waals surface area contributed by atoms with E-state index in [0.717, 1.165) is 44.9 Å². The lowest BCUT2D eigenvalue weighted by Gasteiger charge is -2.14. The number of hydrogen-bond acceptors (Lipinski definition) is 4. The Hall–Kier alpha value is -2.12. The van der Waals surface area contributed by atoms with Crippen molar-refractivity contribution in [3.8, 4) is 0 Å². The number of carbonyl (C=O) groups excluding carboxylic acids is 2. The number of carbonyl (C=O) groups is 4. The summed E-state index contributed by atoms with van der Waals surface area (Å²) in [6, 6.07) is -1.01. The second-order valence-electron chi connectivity index (χ2n) is 10.6. The van der Waals surface area contributed by atoms with Crippen molar-refractivity contribution in [2.75, 3.05) is 6.54 Å². The molecule has 0 aromatic rings. The van der Waals surface area contributed by atoms with E-state index < -0.39 is 18.0 Å². The molecule has 0 aliphatic heterocycles. The third-order valence-corrected chi connectivity index (χ3v) is 6.91. The summed E-state index contributed by atoms with van der Waals surface area (Å²) in [4.78, 5) is 45.6. The van der Waals surface area contributed by atoms with Gasteiger partial charge in [-0.25, -0.2) is 4.79 Å². The van der Waals surface area contributed by atoms with Gasteiger partial charge < -0.3 is 20.8 Å². The van der Waals surface area contributed by atoms with Crippen LogP contribution in [0.2, 0.25) is 0 Å². The molecule has 8 nitrogen and oxygen atoms in total. The van der Waals surface area contributed by atoms with Gasteiger partial charge in [-0.3, -0.25) is 14.4 Å². The van der Waals surface area contributed by atoms with E-state index in [9.17, 15) is 24.3 Å². The van der Waals surface area contributed by atoms with Gasteiger partial charge in [-0.05, 0) is 25.7 Å². The molecule has 0 rings (SSSR count). The second kappa shape index (κ2) is 26.5. The van der Waals surface area contributed by atoms with Crippen LogP contribution in [-0.4, -0.2) is 46.6 Å². The zero-order chi connectivity index (χ0) is 28.3. The largest absolute Gasteiger partial charge is 0.481 e. The fourth-order valence-electron chi connectivity index (χ4n) is 4.54. The number of nitrogens with one attached hydrogen (secondary N) is 2. The Morgan fingerprint density at radius 1 is 0.553 bits per heavy atom. The van der Waals surface area contributed by atoms with Gasteiger partial charge in [0.25, 0.3) is 0 Å². The Balaban J connectivity index is 3.46. The first-order chi connectivity index (χ1) is 18.4. The topological polar surface area (TPSA) is 133 Å². The molecule has 222 valence electrons. The van der Waals surface area contributed by atoms with Gasteiger partial charge in [0.15, 0.2) is 0 Å². The summed E-state index contributed by atoms with van der Waals surface area (Å²) in [5.41, 5.74) is 0. The lowest BCUT2D eigenvalue weighted by molar-refractivity contribution is -0.142. The number of hydrogen-bond donors (Lipinski definition) is 4. The standard InChI is InChI=1S/C30H56N2O6/c1-2-25-31-27(33)24-23-26(30(37)38)32-28(34)21-19-17-15-13-11-9-7-5-3-4-6-8-10-12-14-16-18-20-22-29(35)36/h26H,2-25H2,1H3,(H,31,33)(H,32,34)(H,35,36)(H,37,38)/t26-/m0/s1. The molecule has 4 N–H and O–H groups in total. The van der Waals surface area contributed by atoms with E-state index in [1.807, 2.05) is 6.92 Å². The van der Waals surface area contributed by atoms with Crippen molar-refractivity contribution in [1.29, 1.82) is 0 Å². The van der Waals surface area contributed by atoms with Crippen LogP contribution >= 0.6 is 0 Å². The quantitative estimate of drug-likeness (QED) is 0.0811. The molecule has 0 saturated heterocycles. The van der Waals surface area contributed by atoms with Crippen molar-refractivity contribution >= 4 is 23.8 Å². The SMILES string of the molecule is CCCNC(=O)CC[C@H](NC(=O)CCCCCCCCCCCCCCCCCCCCC(=O)O)C(=O)O. The molecule has 0 aliphatic rings. The molecule has 0 aromatic heterocycles. The molecule has 0 aromatic carbocycles. The summed E-state index contributed by atoms with van der Waals surface area (Å²) in [5.74, 6) is -2.21. The minimum Gasteiger partial charge on any atom is -0.481 e. The van der Waals surface area contributed by atoms with Gasteiger partial charge in [-0.2, -0.15) is 0 Å². The first kappa shape index (κ1) is 35.9. The van der Waals surface area contributed by atoms with E-state index in [1.165, 1.54) is 77.0 Å². The normalized spacial score (nSPS) is 11.7. The summed E-state index contributed by atoms with van der Waals surface area (Å²) in [6.45, 7) is 2.53. The fraction of sp³-hybridized carbons (Fsp3) is 0.867. The predicted molar refractivity (Wildman–Crippen MR) is 152 cm³/mol. The molecule has 2 amide bonds. The van der Waals surface area contributed by atoms with Gasteiger partial charge in [0.1, 0.15) is 6.04 Å². The highest BCUT2D eigenvalue weighted by atomic mass is 16.4. The van der Waals surface area contributed by atoms with E-state index in [-0.39, 0.29) is 24.7 Å². The Kier molecular flexibility index (Phi) is 25.0. The first-order valence-electron chi connectivity index (χ1n) is 15.4. The average molecular weight is 541 g/mol. The van der Waals surface area contributed by atoms with Gasteiger partial charge >= 0.3 is 11.9 Å². The van der Waals surface area contributed by atoms with Gasteiger partial charge in [-0.15, -0.1) is 0 Å². The Labute approximate surface area is 231 Å². The van der Waals surface area contributed by atoms with Crippen molar-refractivity contribution < 1.29 is 29.4 Å². The predicted octanol–water partition coefficient (Wildman–Crippen LogP) is 6.75. The smallest absolute Gasteiger partial charge is 0.326 e. The van der Waals surface area contributed by atoms with E-state index >= 15 is 0 Å². The lowest BCUT2D eigenvalue weighted by atomic mass is 10.0. The van der Waals surface area contributed by atoms with Crippen LogP contribution in [0, 0.1) is 0 Å².